The van der Waals surface area contributed by atoms with E-state index in [0.717, 1.165) is 35.2 Å². The average Bonchev–Trinajstić information content (AvgIpc) is 2.87. The Morgan fingerprint density at radius 3 is 3.15 bits per heavy atom. The molecule has 0 amide bonds. The van der Waals surface area contributed by atoms with Crippen molar-refractivity contribution in [3.63, 3.8) is 0 Å². The molecule has 1 aliphatic heterocycles. The van der Waals surface area contributed by atoms with Gasteiger partial charge in [-0.05, 0) is 44.1 Å². The van der Waals surface area contributed by atoms with Crippen LogP contribution in [-0.2, 0) is 6.42 Å². The van der Waals surface area contributed by atoms with Crippen LogP contribution in [0.2, 0.25) is 5.02 Å². The first-order valence-electron chi connectivity index (χ1n) is 7.08. The molecule has 4 heteroatoms. The molecule has 0 N–H and O–H groups in total. The number of aromatic nitrogens is 1. The maximum atomic E-state index is 6.00. The number of piperidine rings is 1. The van der Waals surface area contributed by atoms with E-state index >= 15 is 0 Å². The summed E-state index contributed by atoms with van der Waals surface area (Å²) >= 11 is 6.00. The number of oxazole rings is 1. The average molecular weight is 291 g/mol. The molecule has 106 valence electrons. The maximum Gasteiger partial charge on any atom is 0.198 e. The van der Waals surface area contributed by atoms with Gasteiger partial charge in [0.2, 0.25) is 0 Å². The van der Waals surface area contributed by atoms with E-state index in [0.29, 0.717) is 5.92 Å². The number of rotatable bonds is 3. The van der Waals surface area contributed by atoms with E-state index in [9.17, 15) is 0 Å². The lowest BCUT2D eigenvalue weighted by atomic mass is 9.99. The Labute approximate surface area is 124 Å². The number of halogens is 1. The summed E-state index contributed by atoms with van der Waals surface area (Å²) in [5.41, 5.74) is 1.15. The van der Waals surface area contributed by atoms with E-state index in [1.165, 1.54) is 19.4 Å². The standard InChI is InChI=1S/C16H19ClN2O/c1-19-7-3-5-13(11-19)16-18-10-15(20-16)9-12-4-2-6-14(17)8-12/h2,4,6,8,10,13H,3,5,7,9,11H2,1H3. The van der Waals surface area contributed by atoms with Crippen LogP contribution < -0.4 is 0 Å². The van der Waals surface area contributed by atoms with Crippen LogP contribution in [0.3, 0.4) is 0 Å². The molecule has 1 aromatic heterocycles. The van der Waals surface area contributed by atoms with Crippen LogP contribution in [0, 0.1) is 0 Å². The Hall–Kier alpha value is -1.32. The fourth-order valence-electron chi connectivity index (χ4n) is 2.81. The number of hydrogen-bond donors (Lipinski definition) is 0. The van der Waals surface area contributed by atoms with Crippen molar-refractivity contribution in [3.8, 4) is 0 Å². The summed E-state index contributed by atoms with van der Waals surface area (Å²) in [7, 11) is 2.15. The van der Waals surface area contributed by atoms with E-state index in [1.807, 2.05) is 24.4 Å². The molecule has 1 unspecified atom stereocenters. The van der Waals surface area contributed by atoms with Crippen LogP contribution in [0.25, 0.3) is 0 Å². The van der Waals surface area contributed by atoms with E-state index in [1.54, 1.807) is 0 Å². The highest BCUT2D eigenvalue weighted by molar-refractivity contribution is 6.30. The first-order valence-corrected chi connectivity index (χ1v) is 7.46. The first-order chi connectivity index (χ1) is 9.70. The molecule has 0 bridgehead atoms. The Balaban J connectivity index is 1.70. The van der Waals surface area contributed by atoms with Gasteiger partial charge in [0.25, 0.3) is 0 Å². The van der Waals surface area contributed by atoms with E-state index in [4.69, 9.17) is 16.0 Å². The highest BCUT2D eigenvalue weighted by Gasteiger charge is 2.23. The molecule has 0 aliphatic carbocycles. The zero-order valence-corrected chi connectivity index (χ0v) is 12.4. The molecule has 2 heterocycles. The molecule has 20 heavy (non-hydrogen) atoms. The van der Waals surface area contributed by atoms with Crippen LogP contribution in [0.1, 0.15) is 36.0 Å². The molecule has 0 spiro atoms. The summed E-state index contributed by atoms with van der Waals surface area (Å²) in [6, 6.07) is 7.88. The second-order valence-corrected chi connectivity index (χ2v) is 6.01. The molecular formula is C16H19ClN2O. The van der Waals surface area contributed by atoms with Gasteiger partial charge in [0.05, 0.1) is 6.20 Å². The van der Waals surface area contributed by atoms with Crippen molar-refractivity contribution < 1.29 is 4.42 Å². The molecule has 1 aliphatic rings. The van der Waals surface area contributed by atoms with Gasteiger partial charge in [-0.2, -0.15) is 0 Å². The summed E-state index contributed by atoms with van der Waals surface area (Å²) in [6.07, 6.45) is 4.98. The van der Waals surface area contributed by atoms with E-state index in [2.05, 4.69) is 23.0 Å². The number of benzene rings is 1. The first kappa shape index (κ1) is 13.7. The summed E-state index contributed by atoms with van der Waals surface area (Å²) in [5.74, 6) is 2.23. The minimum Gasteiger partial charge on any atom is -0.445 e. The summed E-state index contributed by atoms with van der Waals surface area (Å²) < 4.78 is 5.93. The van der Waals surface area contributed by atoms with Crippen molar-refractivity contribution >= 4 is 11.6 Å². The van der Waals surface area contributed by atoms with Gasteiger partial charge in [0.15, 0.2) is 5.89 Å². The topological polar surface area (TPSA) is 29.3 Å². The van der Waals surface area contributed by atoms with Crippen LogP contribution in [0.15, 0.2) is 34.9 Å². The Kier molecular flexibility index (Phi) is 4.08. The molecule has 1 aromatic carbocycles. The molecule has 0 radical (unpaired) electrons. The quantitative estimate of drug-likeness (QED) is 0.862. The predicted octanol–water partition coefficient (Wildman–Crippen LogP) is 3.73. The zero-order chi connectivity index (χ0) is 13.9. The Bertz CT molecular complexity index is 581. The summed E-state index contributed by atoms with van der Waals surface area (Å²) in [6.45, 7) is 2.21. The van der Waals surface area contributed by atoms with Crippen molar-refractivity contribution in [2.45, 2.75) is 25.2 Å². The zero-order valence-electron chi connectivity index (χ0n) is 11.7. The number of hydrogen-bond acceptors (Lipinski definition) is 3. The third-order valence-electron chi connectivity index (χ3n) is 3.81. The van der Waals surface area contributed by atoms with Crippen molar-refractivity contribution in [2.24, 2.45) is 0 Å². The van der Waals surface area contributed by atoms with Gasteiger partial charge in [-0.1, -0.05) is 23.7 Å². The maximum absolute atomic E-state index is 6.00. The molecule has 2 aromatic rings. The van der Waals surface area contributed by atoms with Crippen LogP contribution >= 0.6 is 11.6 Å². The van der Waals surface area contributed by atoms with Gasteiger partial charge in [-0.3, -0.25) is 0 Å². The highest BCUT2D eigenvalue weighted by atomic mass is 35.5. The lowest BCUT2D eigenvalue weighted by Crippen LogP contribution is -2.30. The van der Waals surface area contributed by atoms with E-state index < -0.39 is 0 Å². The monoisotopic (exact) mass is 290 g/mol. The second-order valence-electron chi connectivity index (χ2n) is 5.57. The fraction of sp³-hybridized carbons (Fsp3) is 0.438. The van der Waals surface area contributed by atoms with Gasteiger partial charge >= 0.3 is 0 Å². The predicted molar refractivity (Wildman–Crippen MR) is 80.2 cm³/mol. The third kappa shape index (κ3) is 3.22. The minimum absolute atomic E-state index is 0.432. The molecule has 3 nitrogen and oxygen atoms in total. The van der Waals surface area contributed by atoms with Crippen molar-refractivity contribution in [2.75, 3.05) is 20.1 Å². The van der Waals surface area contributed by atoms with Crippen molar-refractivity contribution in [3.05, 3.63) is 52.7 Å². The fourth-order valence-corrected chi connectivity index (χ4v) is 3.02. The molecular weight excluding hydrogens is 272 g/mol. The number of likely N-dealkylation sites (N-methyl/N-ethyl adjacent to an activating group) is 1. The smallest absolute Gasteiger partial charge is 0.198 e. The lowest BCUT2D eigenvalue weighted by Gasteiger charge is -2.27. The largest absolute Gasteiger partial charge is 0.445 e. The third-order valence-corrected chi connectivity index (χ3v) is 4.05. The van der Waals surface area contributed by atoms with Crippen LogP contribution in [0.4, 0.5) is 0 Å². The van der Waals surface area contributed by atoms with Gasteiger partial charge < -0.3 is 9.32 Å². The number of likely N-dealkylation sites (tertiary alicyclic amines) is 1. The van der Waals surface area contributed by atoms with Gasteiger partial charge in [-0.25, -0.2) is 4.98 Å². The van der Waals surface area contributed by atoms with E-state index in [-0.39, 0.29) is 0 Å². The summed E-state index contributed by atoms with van der Waals surface area (Å²) in [5, 5.41) is 0.760. The summed E-state index contributed by atoms with van der Waals surface area (Å²) in [4.78, 5) is 6.81. The van der Waals surface area contributed by atoms with Gasteiger partial charge in [0.1, 0.15) is 5.76 Å². The Morgan fingerprint density at radius 2 is 2.35 bits per heavy atom. The highest BCUT2D eigenvalue weighted by Crippen LogP contribution is 2.26. The molecule has 1 fully saturated rings. The van der Waals surface area contributed by atoms with Crippen molar-refractivity contribution in [1.82, 2.24) is 9.88 Å². The lowest BCUT2D eigenvalue weighted by molar-refractivity contribution is 0.228. The van der Waals surface area contributed by atoms with Gasteiger partial charge in [0, 0.05) is 23.9 Å². The Morgan fingerprint density at radius 1 is 1.45 bits per heavy atom. The van der Waals surface area contributed by atoms with Gasteiger partial charge in [-0.15, -0.1) is 0 Å². The second kappa shape index (κ2) is 5.98. The minimum atomic E-state index is 0.432. The molecule has 0 saturated carbocycles. The molecule has 1 saturated heterocycles. The van der Waals surface area contributed by atoms with Crippen molar-refractivity contribution in [1.29, 1.82) is 0 Å². The SMILES string of the molecule is CN1CCCC(c2ncc(Cc3cccc(Cl)c3)o2)C1. The molecule has 3 rings (SSSR count). The van der Waals surface area contributed by atoms with Crippen LogP contribution in [-0.4, -0.2) is 30.0 Å². The number of nitrogens with zero attached hydrogens (tertiary/aromatic N) is 2. The normalized spacial score (nSPS) is 20.2. The molecule has 1 atom stereocenters. The van der Waals surface area contributed by atoms with Crippen LogP contribution in [0.5, 0.6) is 0 Å².